The molecule has 2 N–H and O–H groups in total. The summed E-state index contributed by atoms with van der Waals surface area (Å²) in [5.41, 5.74) is 0.345. The van der Waals surface area contributed by atoms with E-state index in [0.717, 1.165) is 0 Å². The number of nitro benzene ring substituents is 1. The molecule has 0 aliphatic heterocycles. The van der Waals surface area contributed by atoms with Crippen LogP contribution in [0.5, 0.6) is 0 Å². The first-order valence-electron chi connectivity index (χ1n) is 6.84. The van der Waals surface area contributed by atoms with Crippen molar-refractivity contribution in [2.45, 2.75) is 40.2 Å². The molecule has 0 heterocycles. The van der Waals surface area contributed by atoms with Crippen molar-refractivity contribution in [3.8, 4) is 0 Å². The fraction of sp³-hybridized carbons (Fsp3) is 0.533. The summed E-state index contributed by atoms with van der Waals surface area (Å²) in [6, 6.07) is 4.23. The van der Waals surface area contributed by atoms with E-state index in [4.69, 9.17) is 5.11 Å². The van der Waals surface area contributed by atoms with Crippen molar-refractivity contribution in [3.05, 3.63) is 39.4 Å². The van der Waals surface area contributed by atoms with Crippen molar-refractivity contribution in [1.82, 2.24) is 5.32 Å². The number of aliphatic hydroxyl groups is 1. The first kappa shape index (κ1) is 17.1. The van der Waals surface area contributed by atoms with Crippen molar-refractivity contribution in [1.29, 1.82) is 0 Å². The van der Waals surface area contributed by atoms with Gasteiger partial charge in [0.2, 0.25) is 0 Å². The minimum Gasteiger partial charge on any atom is -0.396 e. The summed E-state index contributed by atoms with van der Waals surface area (Å²) in [7, 11) is 0. The SMILES string of the molecule is Cc1c(C(=O)NC(CCO)C(C)(C)C)cccc1[N+](=O)[O-]. The molecule has 1 atom stereocenters. The summed E-state index contributed by atoms with van der Waals surface area (Å²) in [5.74, 6) is -0.357. The molecule has 0 bridgehead atoms. The van der Waals surface area contributed by atoms with Crippen LogP contribution in [0, 0.1) is 22.5 Å². The lowest BCUT2D eigenvalue weighted by molar-refractivity contribution is -0.385. The van der Waals surface area contributed by atoms with Crippen LogP contribution >= 0.6 is 0 Å². The first-order valence-corrected chi connectivity index (χ1v) is 6.84. The van der Waals surface area contributed by atoms with E-state index < -0.39 is 4.92 Å². The zero-order chi connectivity index (χ0) is 16.2. The van der Waals surface area contributed by atoms with Gasteiger partial charge in [-0.2, -0.15) is 0 Å². The van der Waals surface area contributed by atoms with Gasteiger partial charge in [0.25, 0.3) is 11.6 Å². The monoisotopic (exact) mass is 294 g/mol. The normalized spacial score (nSPS) is 12.8. The van der Waals surface area contributed by atoms with Gasteiger partial charge in [-0.1, -0.05) is 26.8 Å². The first-order chi connectivity index (χ1) is 9.68. The van der Waals surface area contributed by atoms with E-state index in [2.05, 4.69) is 5.32 Å². The predicted molar refractivity (Wildman–Crippen MR) is 80.2 cm³/mol. The Labute approximate surface area is 124 Å². The molecule has 0 aromatic heterocycles. The van der Waals surface area contributed by atoms with Crippen molar-refractivity contribution in [2.24, 2.45) is 5.41 Å². The number of hydrogen-bond donors (Lipinski definition) is 2. The second-order valence-corrected chi connectivity index (χ2v) is 6.11. The zero-order valence-electron chi connectivity index (χ0n) is 12.8. The smallest absolute Gasteiger partial charge is 0.273 e. The standard InChI is InChI=1S/C15H22N2O4/c1-10-11(6-5-7-12(10)17(20)21)14(19)16-13(8-9-18)15(2,3)4/h5-7,13,18H,8-9H2,1-4H3,(H,16,19). The van der Waals surface area contributed by atoms with Crippen LogP contribution in [0.25, 0.3) is 0 Å². The van der Waals surface area contributed by atoms with Gasteiger partial charge < -0.3 is 10.4 Å². The molecule has 0 fully saturated rings. The van der Waals surface area contributed by atoms with Crippen LogP contribution in [-0.4, -0.2) is 28.6 Å². The number of carbonyl (C=O) groups is 1. The van der Waals surface area contributed by atoms with Gasteiger partial charge in [-0.15, -0.1) is 0 Å². The van der Waals surface area contributed by atoms with Gasteiger partial charge in [0.15, 0.2) is 0 Å². The van der Waals surface area contributed by atoms with Crippen LogP contribution in [0.4, 0.5) is 5.69 Å². The van der Waals surface area contributed by atoms with Crippen LogP contribution in [-0.2, 0) is 0 Å². The van der Waals surface area contributed by atoms with E-state index in [1.54, 1.807) is 13.0 Å². The Morgan fingerprint density at radius 1 is 1.43 bits per heavy atom. The Morgan fingerprint density at radius 2 is 2.05 bits per heavy atom. The molecule has 0 saturated carbocycles. The second kappa shape index (κ2) is 6.67. The summed E-state index contributed by atoms with van der Waals surface area (Å²) < 4.78 is 0. The maximum Gasteiger partial charge on any atom is 0.273 e. The number of carbonyl (C=O) groups excluding carboxylic acids is 1. The Kier molecular flexibility index (Phi) is 5.43. The molecule has 0 radical (unpaired) electrons. The van der Waals surface area contributed by atoms with E-state index in [0.29, 0.717) is 12.0 Å². The summed E-state index contributed by atoms with van der Waals surface area (Å²) in [6.45, 7) is 7.43. The molecule has 0 spiro atoms. The highest BCUT2D eigenvalue weighted by Gasteiger charge is 2.27. The third kappa shape index (κ3) is 4.26. The molecular weight excluding hydrogens is 272 g/mol. The number of hydrogen-bond acceptors (Lipinski definition) is 4. The summed E-state index contributed by atoms with van der Waals surface area (Å²) in [6.07, 6.45) is 0.434. The van der Waals surface area contributed by atoms with Crippen molar-refractivity contribution >= 4 is 11.6 Å². The quantitative estimate of drug-likeness (QED) is 0.644. The highest BCUT2D eigenvalue weighted by Crippen LogP contribution is 2.24. The number of nitrogens with one attached hydrogen (secondary N) is 1. The van der Waals surface area contributed by atoms with Crippen LogP contribution < -0.4 is 5.32 Å². The van der Waals surface area contributed by atoms with E-state index in [9.17, 15) is 14.9 Å². The predicted octanol–water partition coefficient (Wildman–Crippen LogP) is 2.43. The summed E-state index contributed by atoms with van der Waals surface area (Å²) >= 11 is 0. The van der Waals surface area contributed by atoms with Gasteiger partial charge in [0.05, 0.1) is 4.92 Å². The fourth-order valence-corrected chi connectivity index (χ4v) is 2.15. The zero-order valence-corrected chi connectivity index (χ0v) is 12.8. The highest BCUT2D eigenvalue weighted by molar-refractivity contribution is 5.96. The van der Waals surface area contributed by atoms with Gasteiger partial charge in [-0.05, 0) is 24.8 Å². The van der Waals surface area contributed by atoms with Crippen molar-refractivity contribution < 1.29 is 14.8 Å². The lowest BCUT2D eigenvalue weighted by Gasteiger charge is -2.31. The molecular formula is C15H22N2O4. The van der Waals surface area contributed by atoms with Crippen molar-refractivity contribution in [2.75, 3.05) is 6.61 Å². The van der Waals surface area contributed by atoms with Gasteiger partial charge in [0.1, 0.15) is 0 Å². The average molecular weight is 294 g/mol. The van der Waals surface area contributed by atoms with Gasteiger partial charge >= 0.3 is 0 Å². The van der Waals surface area contributed by atoms with E-state index >= 15 is 0 Å². The minimum absolute atomic E-state index is 0.0316. The van der Waals surface area contributed by atoms with Crippen LogP contribution in [0.1, 0.15) is 43.1 Å². The van der Waals surface area contributed by atoms with Gasteiger partial charge in [-0.3, -0.25) is 14.9 Å². The molecule has 1 rings (SSSR count). The number of amides is 1. The van der Waals surface area contributed by atoms with Crippen molar-refractivity contribution in [3.63, 3.8) is 0 Å². The Bertz CT molecular complexity index is 535. The molecule has 1 amide bonds. The molecule has 0 aliphatic carbocycles. The number of nitro groups is 1. The third-order valence-corrected chi connectivity index (χ3v) is 3.52. The second-order valence-electron chi connectivity index (χ2n) is 6.11. The third-order valence-electron chi connectivity index (χ3n) is 3.52. The number of rotatable bonds is 5. The molecule has 1 aromatic carbocycles. The Balaban J connectivity index is 3.04. The molecule has 1 unspecified atom stereocenters. The van der Waals surface area contributed by atoms with Crippen LogP contribution in [0.15, 0.2) is 18.2 Å². The number of benzene rings is 1. The van der Waals surface area contributed by atoms with E-state index in [1.165, 1.54) is 12.1 Å². The molecule has 6 nitrogen and oxygen atoms in total. The van der Waals surface area contributed by atoms with Gasteiger partial charge in [0, 0.05) is 29.8 Å². The van der Waals surface area contributed by atoms with Gasteiger partial charge in [-0.25, -0.2) is 0 Å². The average Bonchev–Trinajstić information content (AvgIpc) is 2.36. The molecule has 0 saturated heterocycles. The largest absolute Gasteiger partial charge is 0.396 e. The topological polar surface area (TPSA) is 92.5 Å². The van der Waals surface area contributed by atoms with E-state index in [1.807, 2.05) is 20.8 Å². The molecule has 21 heavy (non-hydrogen) atoms. The maximum atomic E-state index is 12.4. The maximum absolute atomic E-state index is 12.4. The molecule has 1 aromatic rings. The molecule has 116 valence electrons. The molecule has 0 aliphatic rings. The number of nitrogens with zero attached hydrogens (tertiary/aromatic N) is 1. The lowest BCUT2D eigenvalue weighted by atomic mass is 9.84. The van der Waals surface area contributed by atoms with E-state index in [-0.39, 0.29) is 35.2 Å². The highest BCUT2D eigenvalue weighted by atomic mass is 16.6. The van der Waals surface area contributed by atoms with Crippen LogP contribution in [0.2, 0.25) is 0 Å². The Hall–Kier alpha value is -1.95. The lowest BCUT2D eigenvalue weighted by Crippen LogP contribution is -2.44. The summed E-state index contributed by atoms with van der Waals surface area (Å²) in [5, 5.41) is 22.9. The fourth-order valence-electron chi connectivity index (χ4n) is 2.15. The summed E-state index contributed by atoms with van der Waals surface area (Å²) in [4.78, 5) is 22.8. The Morgan fingerprint density at radius 3 is 2.52 bits per heavy atom. The molecule has 6 heteroatoms. The minimum atomic E-state index is -0.499. The van der Waals surface area contributed by atoms with Crippen LogP contribution in [0.3, 0.4) is 0 Å². The number of aliphatic hydroxyl groups excluding tert-OH is 1.